The number of hydrogen-bond acceptors (Lipinski definition) is 6. The van der Waals surface area contributed by atoms with Crippen molar-refractivity contribution in [3.05, 3.63) is 0 Å². The number of carbonyl (C=O) groups excluding carboxylic acids is 1. The number of halogens is 3. The normalized spacial score (nSPS) is 40.9. The molecular weight excluding hydrogens is 371 g/mol. The van der Waals surface area contributed by atoms with Crippen molar-refractivity contribution in [2.45, 2.75) is 95.0 Å². The van der Waals surface area contributed by atoms with Gasteiger partial charge in [0.1, 0.15) is 24.4 Å². The van der Waals surface area contributed by atoms with E-state index in [1.54, 1.807) is 27.7 Å². The van der Waals surface area contributed by atoms with Gasteiger partial charge in [0.05, 0.1) is 6.04 Å². The second-order valence-corrected chi connectivity index (χ2v) is 8.47. The summed E-state index contributed by atoms with van der Waals surface area (Å²) in [4.78, 5) is 11.6. The Labute approximate surface area is 154 Å². The Morgan fingerprint density at radius 1 is 0.963 bits per heavy atom. The van der Waals surface area contributed by atoms with E-state index < -0.39 is 60.4 Å². The quantitative estimate of drug-likeness (QED) is 0.786. The predicted molar refractivity (Wildman–Crippen MR) is 83.2 cm³/mol. The summed E-state index contributed by atoms with van der Waals surface area (Å²) in [5.74, 6) is -3.97. The SMILES string of the molecule is CC1(C)O[C@@H]2[C@H](O1)[C@H]1OC(C)(C)O[C@H]1O[C@@H]2[C@H](NC(=O)C(F)(F)F)C1CC1. The lowest BCUT2D eigenvalue weighted by Crippen LogP contribution is -2.63. The van der Waals surface area contributed by atoms with Crippen molar-refractivity contribution >= 4 is 5.91 Å². The molecule has 4 aliphatic rings. The van der Waals surface area contributed by atoms with Crippen LogP contribution in [0.25, 0.3) is 0 Å². The average molecular weight is 395 g/mol. The average Bonchev–Trinajstić information content (AvgIpc) is 3.21. The Bertz CT molecular complexity index is 620. The van der Waals surface area contributed by atoms with Crippen LogP contribution in [-0.4, -0.2) is 60.4 Å². The van der Waals surface area contributed by atoms with E-state index in [2.05, 4.69) is 5.32 Å². The summed E-state index contributed by atoms with van der Waals surface area (Å²) >= 11 is 0. The van der Waals surface area contributed by atoms with Crippen LogP contribution in [-0.2, 0) is 28.5 Å². The van der Waals surface area contributed by atoms with Crippen LogP contribution >= 0.6 is 0 Å². The Balaban J connectivity index is 1.61. The summed E-state index contributed by atoms with van der Waals surface area (Å²) in [6.45, 7) is 6.89. The van der Waals surface area contributed by atoms with Crippen LogP contribution in [0.4, 0.5) is 13.2 Å². The van der Waals surface area contributed by atoms with Gasteiger partial charge in [-0.3, -0.25) is 4.79 Å². The van der Waals surface area contributed by atoms with Gasteiger partial charge in [-0.2, -0.15) is 13.2 Å². The zero-order valence-corrected chi connectivity index (χ0v) is 15.5. The van der Waals surface area contributed by atoms with Gasteiger partial charge in [-0.1, -0.05) is 0 Å². The molecule has 1 aliphatic carbocycles. The third-order valence-electron chi connectivity index (χ3n) is 5.23. The van der Waals surface area contributed by atoms with Crippen molar-refractivity contribution in [1.29, 1.82) is 0 Å². The number of ether oxygens (including phenoxy) is 5. The van der Waals surface area contributed by atoms with Crippen LogP contribution in [0.1, 0.15) is 40.5 Å². The van der Waals surface area contributed by atoms with Crippen molar-refractivity contribution in [3.8, 4) is 0 Å². The van der Waals surface area contributed by atoms with Gasteiger partial charge in [0.15, 0.2) is 17.9 Å². The van der Waals surface area contributed by atoms with E-state index in [4.69, 9.17) is 23.7 Å². The molecule has 6 atom stereocenters. The van der Waals surface area contributed by atoms with Crippen molar-refractivity contribution in [2.75, 3.05) is 0 Å². The van der Waals surface area contributed by atoms with E-state index >= 15 is 0 Å². The minimum atomic E-state index is -4.97. The molecular formula is C17H24F3NO6. The molecule has 4 rings (SSSR count). The van der Waals surface area contributed by atoms with Crippen LogP contribution in [0.15, 0.2) is 0 Å². The van der Waals surface area contributed by atoms with E-state index in [0.29, 0.717) is 12.8 Å². The summed E-state index contributed by atoms with van der Waals surface area (Å²) in [6.07, 6.45) is -7.02. The van der Waals surface area contributed by atoms with Gasteiger partial charge >= 0.3 is 12.1 Å². The topological polar surface area (TPSA) is 75.2 Å². The molecule has 1 saturated carbocycles. The maximum absolute atomic E-state index is 12.8. The number of rotatable bonds is 3. The van der Waals surface area contributed by atoms with Gasteiger partial charge in [0.25, 0.3) is 0 Å². The first-order valence-electron chi connectivity index (χ1n) is 9.11. The van der Waals surface area contributed by atoms with E-state index in [-0.39, 0.29) is 5.92 Å². The molecule has 7 nitrogen and oxygen atoms in total. The maximum atomic E-state index is 12.8. The number of fused-ring (bicyclic) bond motifs is 3. The Kier molecular flexibility index (Phi) is 4.33. The number of nitrogens with one attached hydrogen (secondary N) is 1. The molecule has 154 valence electrons. The van der Waals surface area contributed by atoms with Crippen LogP contribution in [0.5, 0.6) is 0 Å². The molecule has 0 radical (unpaired) electrons. The fraction of sp³-hybridized carbons (Fsp3) is 0.941. The molecule has 1 N–H and O–H groups in total. The van der Waals surface area contributed by atoms with Gasteiger partial charge < -0.3 is 29.0 Å². The Morgan fingerprint density at radius 2 is 1.52 bits per heavy atom. The summed E-state index contributed by atoms with van der Waals surface area (Å²) < 4.78 is 68.0. The van der Waals surface area contributed by atoms with Crippen molar-refractivity contribution < 1.29 is 41.7 Å². The minimum Gasteiger partial charge on any atom is -0.343 e. The number of amides is 1. The molecule has 0 aromatic rings. The monoisotopic (exact) mass is 395 g/mol. The van der Waals surface area contributed by atoms with Gasteiger partial charge in [-0.25, -0.2) is 0 Å². The lowest BCUT2D eigenvalue weighted by atomic mass is 9.91. The van der Waals surface area contributed by atoms with Crippen LogP contribution in [0.2, 0.25) is 0 Å². The zero-order chi connectivity index (χ0) is 19.8. The van der Waals surface area contributed by atoms with E-state index in [1.807, 2.05) is 0 Å². The zero-order valence-electron chi connectivity index (χ0n) is 15.5. The number of alkyl halides is 3. The maximum Gasteiger partial charge on any atom is 0.471 e. The number of hydrogen-bond donors (Lipinski definition) is 1. The second-order valence-electron chi connectivity index (χ2n) is 8.47. The number of carbonyl (C=O) groups is 1. The highest BCUT2D eigenvalue weighted by molar-refractivity contribution is 5.82. The molecule has 0 spiro atoms. The molecule has 0 aromatic heterocycles. The molecule has 10 heteroatoms. The van der Waals surface area contributed by atoms with Gasteiger partial charge in [0, 0.05) is 0 Å². The summed E-state index contributed by atoms with van der Waals surface area (Å²) in [5, 5.41) is 2.11. The van der Waals surface area contributed by atoms with Gasteiger partial charge in [0.2, 0.25) is 0 Å². The molecule has 0 bridgehead atoms. The Morgan fingerprint density at radius 3 is 2.11 bits per heavy atom. The third kappa shape index (κ3) is 3.69. The van der Waals surface area contributed by atoms with Crippen LogP contribution in [0, 0.1) is 5.92 Å². The van der Waals surface area contributed by atoms with E-state index in [1.165, 1.54) is 0 Å². The molecule has 0 unspecified atom stereocenters. The van der Waals surface area contributed by atoms with Crippen molar-refractivity contribution in [1.82, 2.24) is 5.32 Å². The molecule has 3 saturated heterocycles. The standard InChI is InChI=1S/C17H24F3NO6/c1-15(2)24-10-9(8(7-5-6-7)21-14(22)17(18,19)20)23-13-12(11(10)25-15)26-16(3,4)27-13/h7-13H,5-6H2,1-4H3,(H,21,22)/t8-,9-,10+,11+,12-,13-/m1/s1. The Hall–Kier alpha value is -0.940. The minimum absolute atomic E-state index is 0.110. The molecule has 27 heavy (non-hydrogen) atoms. The van der Waals surface area contributed by atoms with Crippen molar-refractivity contribution in [2.24, 2.45) is 5.92 Å². The van der Waals surface area contributed by atoms with Gasteiger partial charge in [-0.15, -0.1) is 0 Å². The highest BCUT2D eigenvalue weighted by Crippen LogP contribution is 2.47. The third-order valence-corrected chi connectivity index (χ3v) is 5.23. The smallest absolute Gasteiger partial charge is 0.343 e. The van der Waals surface area contributed by atoms with Gasteiger partial charge in [-0.05, 0) is 46.5 Å². The molecule has 1 amide bonds. The first-order valence-corrected chi connectivity index (χ1v) is 9.11. The van der Waals surface area contributed by atoms with Crippen molar-refractivity contribution in [3.63, 3.8) is 0 Å². The van der Waals surface area contributed by atoms with Crippen LogP contribution < -0.4 is 5.32 Å². The molecule has 0 aromatic carbocycles. The van der Waals surface area contributed by atoms with E-state index in [0.717, 1.165) is 0 Å². The fourth-order valence-electron chi connectivity index (χ4n) is 4.09. The molecule has 4 fully saturated rings. The highest BCUT2D eigenvalue weighted by Gasteiger charge is 2.63. The summed E-state index contributed by atoms with van der Waals surface area (Å²) in [6, 6.07) is -0.850. The molecule has 3 heterocycles. The fourth-order valence-corrected chi connectivity index (χ4v) is 4.09. The first kappa shape index (κ1) is 19.4. The van der Waals surface area contributed by atoms with Crippen LogP contribution in [0.3, 0.4) is 0 Å². The summed E-state index contributed by atoms with van der Waals surface area (Å²) in [7, 11) is 0. The first-order chi connectivity index (χ1) is 12.4. The highest BCUT2D eigenvalue weighted by atomic mass is 19.4. The lowest BCUT2D eigenvalue weighted by molar-refractivity contribution is -0.242. The van der Waals surface area contributed by atoms with E-state index in [9.17, 15) is 18.0 Å². The molecule has 3 aliphatic heterocycles. The lowest BCUT2D eigenvalue weighted by Gasteiger charge is -2.41. The largest absolute Gasteiger partial charge is 0.471 e. The summed E-state index contributed by atoms with van der Waals surface area (Å²) in [5.41, 5.74) is 0. The second kappa shape index (κ2) is 6.03. The predicted octanol–water partition coefficient (Wildman–Crippen LogP) is 1.84.